The predicted octanol–water partition coefficient (Wildman–Crippen LogP) is 5.95. The Kier molecular flexibility index (Phi) is 15.3. The molecule has 1 aliphatic carbocycles. The lowest BCUT2D eigenvalue weighted by atomic mass is 9.81. The minimum Gasteiger partial charge on any atom is -0.481 e. The molecule has 0 saturated heterocycles. The number of halogens is 1. The Hall–Kier alpha value is -3.42. The van der Waals surface area contributed by atoms with E-state index in [1.165, 1.54) is 36.1 Å². The third kappa shape index (κ3) is 11.9. The summed E-state index contributed by atoms with van der Waals surface area (Å²) in [6.07, 6.45) is 7.39. The van der Waals surface area contributed by atoms with Crippen LogP contribution in [0.1, 0.15) is 64.0 Å². The number of hydrogen-bond donors (Lipinski definition) is 3. The first-order chi connectivity index (χ1) is 17.9. The number of carbonyl (C=O) groups is 3. The normalized spacial score (nSPS) is 17.6. The third-order valence-electron chi connectivity index (χ3n) is 6.37. The lowest BCUT2D eigenvalue weighted by molar-refractivity contribution is -0.138. The number of carboxylic acid groups (broad SMARTS) is 1. The van der Waals surface area contributed by atoms with Crippen molar-refractivity contribution in [2.75, 3.05) is 24.2 Å². The fourth-order valence-corrected chi connectivity index (χ4v) is 4.24. The van der Waals surface area contributed by atoms with Gasteiger partial charge in [-0.15, -0.1) is 0 Å². The predicted molar refractivity (Wildman–Crippen MR) is 147 cm³/mol. The highest BCUT2D eigenvalue weighted by Crippen LogP contribution is 2.30. The molecular formula is C29H42FN3O4. The Bertz CT molecular complexity index is 962. The van der Waals surface area contributed by atoms with E-state index in [2.05, 4.69) is 29.7 Å². The fraction of sp³-hybridized carbons (Fsp3) is 0.483. The second-order valence-corrected chi connectivity index (χ2v) is 9.03. The number of nitrogens with one attached hydrogen (secondary N) is 2. The second-order valence-electron chi connectivity index (χ2n) is 9.03. The molecule has 1 aliphatic heterocycles. The summed E-state index contributed by atoms with van der Waals surface area (Å²) in [4.78, 5) is 32.6. The average Bonchev–Trinajstić information content (AvgIpc) is 2.92. The number of carboxylic acids is 1. The lowest BCUT2D eigenvalue weighted by Crippen LogP contribution is -2.29. The summed E-state index contributed by atoms with van der Waals surface area (Å²) in [7, 11) is 1.92. The molecule has 3 N–H and O–H groups in total. The van der Waals surface area contributed by atoms with Crippen molar-refractivity contribution in [3.8, 4) is 0 Å². The maximum Gasteiger partial charge on any atom is 0.303 e. The number of carbonyl (C=O) groups excluding carboxylic acids is 2. The van der Waals surface area contributed by atoms with Gasteiger partial charge in [0.15, 0.2) is 0 Å². The summed E-state index contributed by atoms with van der Waals surface area (Å²) in [6, 6.07) is 12.3. The molecule has 7 nitrogen and oxygen atoms in total. The van der Waals surface area contributed by atoms with E-state index in [0.717, 1.165) is 50.4 Å². The fourth-order valence-electron chi connectivity index (χ4n) is 4.24. The van der Waals surface area contributed by atoms with Crippen LogP contribution in [-0.2, 0) is 27.3 Å². The molecule has 0 spiro atoms. The molecule has 1 fully saturated rings. The zero-order chi connectivity index (χ0) is 27.6. The molecule has 2 amide bonds. The number of amides is 2. The van der Waals surface area contributed by atoms with Crippen molar-refractivity contribution in [1.82, 2.24) is 4.90 Å². The number of nitrogens with zero attached hydrogens (tertiary/aromatic N) is 1. The molecule has 4 rings (SSSR count). The Morgan fingerprint density at radius 2 is 1.76 bits per heavy atom. The molecule has 2 aromatic carbocycles. The number of rotatable bonds is 6. The maximum atomic E-state index is 12.6. The highest BCUT2D eigenvalue weighted by molar-refractivity contribution is 5.71. The van der Waals surface area contributed by atoms with E-state index < -0.39 is 11.8 Å². The van der Waals surface area contributed by atoms with Crippen LogP contribution in [-0.4, -0.2) is 42.4 Å². The van der Waals surface area contributed by atoms with Gasteiger partial charge in [-0.1, -0.05) is 51.8 Å². The first-order valence-corrected chi connectivity index (χ1v) is 13.0. The molecule has 0 radical (unpaired) electrons. The van der Waals surface area contributed by atoms with Crippen LogP contribution in [0.4, 0.5) is 15.8 Å². The van der Waals surface area contributed by atoms with Gasteiger partial charge in [0.1, 0.15) is 5.82 Å². The average molecular weight is 516 g/mol. The van der Waals surface area contributed by atoms with Crippen LogP contribution in [0.2, 0.25) is 0 Å². The van der Waals surface area contributed by atoms with Gasteiger partial charge in [0, 0.05) is 32.2 Å². The van der Waals surface area contributed by atoms with Gasteiger partial charge in [0.25, 0.3) is 0 Å². The highest BCUT2D eigenvalue weighted by atomic mass is 19.1. The molecule has 0 unspecified atom stereocenters. The van der Waals surface area contributed by atoms with Crippen molar-refractivity contribution >= 4 is 30.2 Å². The van der Waals surface area contributed by atoms with Gasteiger partial charge in [-0.2, -0.15) is 0 Å². The van der Waals surface area contributed by atoms with E-state index >= 15 is 0 Å². The number of anilines is 2. The van der Waals surface area contributed by atoms with Crippen molar-refractivity contribution in [2.24, 2.45) is 11.8 Å². The van der Waals surface area contributed by atoms with Crippen molar-refractivity contribution in [3.63, 3.8) is 0 Å². The van der Waals surface area contributed by atoms with Gasteiger partial charge in [-0.05, 0) is 66.5 Å². The smallest absolute Gasteiger partial charge is 0.303 e. The lowest BCUT2D eigenvalue weighted by Gasteiger charge is -2.25. The Labute approximate surface area is 220 Å². The zero-order valence-corrected chi connectivity index (χ0v) is 22.5. The standard InChI is InChI=1S/C11H14N2O.C9H16O2.C7H6FNO.C2H6/c1-12-11-3-2-10-7-13(8-14)5-4-9(10)6-11;1-7-2-4-8(5-3-7)6-9(10)11;8-6-3-1-2-4-7(6)9-5-10;1-2/h2-3,6,8,12H,4-5,7H2,1H3;7-8H,2-6H2,1H3,(H,10,11);1-5H,(H,9,10);1-2H3. The molecule has 2 aromatic rings. The largest absolute Gasteiger partial charge is 0.481 e. The minimum absolute atomic E-state index is 0.206. The number of aliphatic carboxylic acids is 1. The Morgan fingerprint density at radius 1 is 1.08 bits per heavy atom. The maximum absolute atomic E-state index is 12.6. The SMILES string of the molecule is CC.CC1CCC(CC(=O)O)CC1.CNc1ccc2c(c1)CCN(C=O)C2.O=CNc1ccccc1F. The number of hydrogen-bond acceptors (Lipinski definition) is 4. The highest BCUT2D eigenvalue weighted by Gasteiger charge is 2.20. The molecule has 204 valence electrons. The van der Waals surface area contributed by atoms with Crippen LogP contribution < -0.4 is 10.6 Å². The summed E-state index contributed by atoms with van der Waals surface area (Å²) in [5, 5.41) is 13.9. The first-order valence-electron chi connectivity index (χ1n) is 13.0. The Morgan fingerprint density at radius 3 is 2.32 bits per heavy atom. The van der Waals surface area contributed by atoms with Gasteiger partial charge in [0.05, 0.1) is 5.69 Å². The number of fused-ring (bicyclic) bond motifs is 1. The van der Waals surface area contributed by atoms with Gasteiger partial charge >= 0.3 is 5.97 Å². The van der Waals surface area contributed by atoms with E-state index in [4.69, 9.17) is 5.11 Å². The van der Waals surface area contributed by atoms with E-state index in [0.29, 0.717) is 18.7 Å². The number of benzene rings is 2. The molecule has 37 heavy (non-hydrogen) atoms. The molecule has 1 saturated carbocycles. The zero-order valence-electron chi connectivity index (χ0n) is 22.5. The first kappa shape index (κ1) is 31.6. The molecular weight excluding hydrogens is 473 g/mol. The molecule has 0 bridgehead atoms. The van der Waals surface area contributed by atoms with Gasteiger partial charge in [-0.25, -0.2) is 4.39 Å². The van der Waals surface area contributed by atoms with E-state index in [-0.39, 0.29) is 5.69 Å². The van der Waals surface area contributed by atoms with Crippen LogP contribution in [0.3, 0.4) is 0 Å². The second kappa shape index (κ2) is 17.9. The molecule has 0 aromatic heterocycles. The van der Waals surface area contributed by atoms with Crippen LogP contribution in [0, 0.1) is 17.7 Å². The van der Waals surface area contributed by atoms with Gasteiger partial charge in [0.2, 0.25) is 12.8 Å². The van der Waals surface area contributed by atoms with E-state index in [1.54, 1.807) is 17.0 Å². The van der Waals surface area contributed by atoms with Crippen LogP contribution in [0.15, 0.2) is 42.5 Å². The van der Waals surface area contributed by atoms with Crippen LogP contribution in [0.25, 0.3) is 0 Å². The quantitative estimate of drug-likeness (QED) is 0.413. The minimum atomic E-state index is -0.635. The van der Waals surface area contributed by atoms with Crippen molar-refractivity contribution in [1.29, 1.82) is 0 Å². The van der Waals surface area contributed by atoms with Crippen molar-refractivity contribution in [3.05, 3.63) is 59.4 Å². The summed E-state index contributed by atoms with van der Waals surface area (Å²) in [5.74, 6) is 0.225. The summed E-state index contributed by atoms with van der Waals surface area (Å²) in [6.45, 7) is 7.84. The van der Waals surface area contributed by atoms with Crippen LogP contribution >= 0.6 is 0 Å². The summed E-state index contributed by atoms with van der Waals surface area (Å²) < 4.78 is 12.6. The molecule has 1 heterocycles. The van der Waals surface area contributed by atoms with Gasteiger partial charge < -0.3 is 20.6 Å². The van der Waals surface area contributed by atoms with Crippen molar-refractivity contribution < 1.29 is 23.9 Å². The van der Waals surface area contributed by atoms with E-state index in [9.17, 15) is 18.8 Å². The molecule has 8 heteroatoms. The van der Waals surface area contributed by atoms with Crippen molar-refractivity contribution in [2.45, 2.75) is 65.8 Å². The third-order valence-corrected chi connectivity index (χ3v) is 6.37. The Balaban J connectivity index is 0.000000273. The van der Waals surface area contributed by atoms with Crippen LogP contribution in [0.5, 0.6) is 0 Å². The topological polar surface area (TPSA) is 98.7 Å². The molecule has 0 atom stereocenters. The monoisotopic (exact) mass is 515 g/mol. The van der Waals surface area contributed by atoms with Gasteiger partial charge in [-0.3, -0.25) is 14.4 Å². The summed E-state index contributed by atoms with van der Waals surface area (Å²) >= 11 is 0. The molecule has 2 aliphatic rings. The number of para-hydroxylation sites is 1. The summed E-state index contributed by atoms with van der Waals surface area (Å²) in [5.41, 5.74) is 3.97. The van der Waals surface area contributed by atoms with E-state index in [1.807, 2.05) is 27.0 Å².